The largest absolute Gasteiger partial charge is 0.296 e. The van der Waals surface area contributed by atoms with Crippen LogP contribution in [0.5, 0.6) is 0 Å². The van der Waals surface area contributed by atoms with Crippen LogP contribution in [0.1, 0.15) is 13.3 Å². The lowest BCUT2D eigenvalue weighted by Crippen LogP contribution is -2.18. The Morgan fingerprint density at radius 1 is 1.29 bits per heavy atom. The molecule has 0 fully saturated rings. The van der Waals surface area contributed by atoms with Gasteiger partial charge < -0.3 is 0 Å². The first kappa shape index (κ1) is 14.2. The number of rotatable bonds is 4. The van der Waals surface area contributed by atoms with Gasteiger partial charge in [0.15, 0.2) is 5.82 Å². The molecular weight excluding hydrogens is 308 g/mol. The van der Waals surface area contributed by atoms with E-state index < -0.39 is 10.0 Å². The van der Waals surface area contributed by atoms with Crippen LogP contribution in [0.3, 0.4) is 0 Å². The first-order valence-electron chi connectivity index (χ1n) is 6.45. The minimum Gasteiger partial charge on any atom is -0.296 e. The second kappa shape index (κ2) is 5.21. The smallest absolute Gasteiger partial charge is 0.273 e. The van der Waals surface area contributed by atoms with Crippen LogP contribution in [-0.4, -0.2) is 23.2 Å². The second-order valence-corrected chi connectivity index (χ2v) is 7.19. The third-order valence-electron chi connectivity index (χ3n) is 3.06. The fourth-order valence-corrected chi connectivity index (χ4v) is 3.89. The molecule has 8 heteroatoms. The SMILES string of the molecule is CCCn1c(-c2cc3ccccc3s2)nnc1S(N)(=O)=O. The maximum Gasteiger partial charge on any atom is 0.273 e. The molecule has 2 N–H and O–H groups in total. The summed E-state index contributed by atoms with van der Waals surface area (Å²) in [4.78, 5) is 0.882. The van der Waals surface area contributed by atoms with Gasteiger partial charge in [0.2, 0.25) is 0 Å². The normalized spacial score (nSPS) is 12.1. The summed E-state index contributed by atoms with van der Waals surface area (Å²) in [6, 6.07) is 9.95. The Labute approximate surface area is 126 Å². The molecule has 0 spiro atoms. The van der Waals surface area contributed by atoms with Gasteiger partial charge in [0, 0.05) is 11.2 Å². The van der Waals surface area contributed by atoms with Gasteiger partial charge in [-0.15, -0.1) is 21.5 Å². The Bertz CT molecular complexity index is 863. The standard InChI is InChI=1S/C13H14N4O2S2/c1-2-7-17-12(15-16-13(17)21(14,18)19)11-8-9-5-3-4-6-10(9)20-11/h3-6,8H,2,7H2,1H3,(H2,14,18,19). The second-order valence-electron chi connectivity index (χ2n) is 4.65. The average Bonchev–Trinajstić information content (AvgIpc) is 3.01. The van der Waals surface area contributed by atoms with Crippen molar-refractivity contribution >= 4 is 31.4 Å². The van der Waals surface area contributed by atoms with Gasteiger partial charge in [-0.2, -0.15) is 0 Å². The van der Waals surface area contributed by atoms with Crippen molar-refractivity contribution in [1.29, 1.82) is 0 Å². The van der Waals surface area contributed by atoms with Crippen molar-refractivity contribution in [2.45, 2.75) is 25.0 Å². The maximum absolute atomic E-state index is 11.6. The lowest BCUT2D eigenvalue weighted by Gasteiger charge is -2.05. The van der Waals surface area contributed by atoms with Crippen molar-refractivity contribution in [3.8, 4) is 10.7 Å². The predicted octanol–water partition coefficient (Wildman–Crippen LogP) is 2.22. The number of primary sulfonamides is 1. The highest BCUT2D eigenvalue weighted by Crippen LogP contribution is 2.33. The molecule has 6 nitrogen and oxygen atoms in total. The summed E-state index contributed by atoms with van der Waals surface area (Å²) in [7, 11) is -3.88. The highest BCUT2D eigenvalue weighted by atomic mass is 32.2. The number of aromatic nitrogens is 3. The van der Waals surface area contributed by atoms with Crippen molar-refractivity contribution in [2.24, 2.45) is 5.14 Å². The Balaban J connectivity index is 2.20. The van der Waals surface area contributed by atoms with E-state index in [1.807, 2.05) is 37.3 Å². The minimum absolute atomic E-state index is 0.184. The van der Waals surface area contributed by atoms with Crippen LogP contribution in [0.2, 0.25) is 0 Å². The Hall–Kier alpha value is -1.77. The number of benzene rings is 1. The number of hydrogen-bond acceptors (Lipinski definition) is 5. The first-order chi connectivity index (χ1) is 10.0. The molecular formula is C13H14N4O2S2. The fraction of sp³-hybridized carbons (Fsp3) is 0.231. The van der Waals surface area contributed by atoms with Crippen LogP contribution < -0.4 is 5.14 Å². The van der Waals surface area contributed by atoms with E-state index in [9.17, 15) is 8.42 Å². The molecule has 0 saturated heterocycles. The van der Waals surface area contributed by atoms with Crippen LogP contribution >= 0.6 is 11.3 Å². The molecule has 0 aliphatic carbocycles. The van der Waals surface area contributed by atoms with Crippen molar-refractivity contribution in [3.63, 3.8) is 0 Å². The van der Waals surface area contributed by atoms with E-state index in [0.717, 1.165) is 21.4 Å². The fourth-order valence-electron chi connectivity index (χ4n) is 2.20. The monoisotopic (exact) mass is 322 g/mol. The molecule has 1 aromatic carbocycles. The van der Waals surface area contributed by atoms with Gasteiger partial charge in [0.05, 0.1) is 4.88 Å². The minimum atomic E-state index is -3.88. The van der Waals surface area contributed by atoms with Gasteiger partial charge in [-0.05, 0) is 23.9 Å². The van der Waals surface area contributed by atoms with Gasteiger partial charge in [-0.1, -0.05) is 25.1 Å². The van der Waals surface area contributed by atoms with Gasteiger partial charge in [-0.3, -0.25) is 4.57 Å². The van der Waals surface area contributed by atoms with E-state index in [-0.39, 0.29) is 5.16 Å². The molecule has 0 unspecified atom stereocenters. The molecule has 0 radical (unpaired) electrons. The molecule has 21 heavy (non-hydrogen) atoms. The summed E-state index contributed by atoms with van der Waals surface area (Å²) in [6.45, 7) is 2.46. The summed E-state index contributed by atoms with van der Waals surface area (Å²) in [6.07, 6.45) is 0.762. The number of thiophene rings is 1. The molecule has 0 aliphatic heterocycles. The third kappa shape index (κ3) is 2.57. The molecule has 0 saturated carbocycles. The van der Waals surface area contributed by atoms with Crippen LogP contribution in [0.25, 0.3) is 20.8 Å². The summed E-state index contributed by atoms with van der Waals surface area (Å²) in [5.74, 6) is 0.544. The number of hydrogen-bond donors (Lipinski definition) is 1. The Morgan fingerprint density at radius 3 is 2.71 bits per heavy atom. The number of nitrogens with zero attached hydrogens (tertiary/aromatic N) is 3. The topological polar surface area (TPSA) is 90.9 Å². The zero-order chi connectivity index (χ0) is 15.0. The van der Waals surface area contributed by atoms with Gasteiger partial charge in [-0.25, -0.2) is 13.6 Å². The number of nitrogens with two attached hydrogens (primary N) is 1. The Kier molecular flexibility index (Phi) is 3.52. The van der Waals surface area contributed by atoms with E-state index in [0.29, 0.717) is 12.4 Å². The zero-order valence-electron chi connectivity index (χ0n) is 11.4. The van der Waals surface area contributed by atoms with E-state index in [1.165, 1.54) is 0 Å². The maximum atomic E-state index is 11.6. The molecule has 3 aromatic rings. The summed E-state index contributed by atoms with van der Waals surface area (Å²) in [5, 5.41) is 13.9. The van der Waals surface area contributed by atoms with Gasteiger partial charge >= 0.3 is 0 Å². The van der Waals surface area contributed by atoms with Crippen LogP contribution in [-0.2, 0) is 16.6 Å². The molecule has 2 aromatic heterocycles. The quantitative estimate of drug-likeness (QED) is 0.797. The van der Waals surface area contributed by atoms with Crippen molar-refractivity contribution in [3.05, 3.63) is 30.3 Å². The summed E-state index contributed by atoms with van der Waals surface area (Å²) < 4.78 is 25.9. The lowest BCUT2D eigenvalue weighted by molar-refractivity contribution is 0.560. The molecule has 0 amide bonds. The molecule has 0 bridgehead atoms. The highest BCUT2D eigenvalue weighted by Gasteiger charge is 2.22. The van der Waals surface area contributed by atoms with Gasteiger partial charge in [0.1, 0.15) is 0 Å². The third-order valence-corrected chi connectivity index (χ3v) is 4.99. The van der Waals surface area contributed by atoms with Crippen molar-refractivity contribution in [1.82, 2.24) is 14.8 Å². The van der Waals surface area contributed by atoms with Crippen LogP contribution in [0, 0.1) is 0 Å². The lowest BCUT2D eigenvalue weighted by atomic mass is 10.2. The predicted molar refractivity (Wildman–Crippen MR) is 82.5 cm³/mol. The summed E-state index contributed by atoms with van der Waals surface area (Å²) in [5.41, 5.74) is 0. The molecule has 3 rings (SSSR count). The van der Waals surface area contributed by atoms with Crippen LogP contribution in [0.4, 0.5) is 0 Å². The van der Waals surface area contributed by atoms with E-state index in [1.54, 1.807) is 15.9 Å². The number of fused-ring (bicyclic) bond motifs is 1. The van der Waals surface area contributed by atoms with Crippen LogP contribution in [0.15, 0.2) is 35.5 Å². The summed E-state index contributed by atoms with van der Waals surface area (Å²) >= 11 is 1.56. The molecule has 0 atom stereocenters. The van der Waals surface area contributed by atoms with Crippen molar-refractivity contribution in [2.75, 3.05) is 0 Å². The van der Waals surface area contributed by atoms with E-state index in [4.69, 9.17) is 5.14 Å². The highest BCUT2D eigenvalue weighted by molar-refractivity contribution is 7.89. The first-order valence-corrected chi connectivity index (χ1v) is 8.82. The van der Waals surface area contributed by atoms with E-state index in [2.05, 4.69) is 10.2 Å². The molecule has 110 valence electrons. The van der Waals surface area contributed by atoms with Gasteiger partial charge in [0.25, 0.3) is 15.2 Å². The molecule has 0 aliphatic rings. The average molecular weight is 322 g/mol. The Morgan fingerprint density at radius 2 is 2.05 bits per heavy atom. The molecule has 2 heterocycles. The number of sulfonamides is 1. The van der Waals surface area contributed by atoms with E-state index >= 15 is 0 Å². The van der Waals surface area contributed by atoms with Crippen molar-refractivity contribution < 1.29 is 8.42 Å². The zero-order valence-corrected chi connectivity index (χ0v) is 13.0.